The van der Waals surface area contributed by atoms with E-state index < -0.39 is 0 Å². The Kier molecular flexibility index (Phi) is 8.61. The number of fused-ring (bicyclic) bond motifs is 2. The quantitative estimate of drug-likeness (QED) is 0.302. The van der Waals surface area contributed by atoms with Gasteiger partial charge in [-0.05, 0) is 92.7 Å². The van der Waals surface area contributed by atoms with Crippen molar-refractivity contribution in [2.24, 2.45) is 0 Å². The molecule has 0 radical (unpaired) electrons. The molecule has 2 aromatic carbocycles. The summed E-state index contributed by atoms with van der Waals surface area (Å²) in [5.74, 6) is 2.12. The molecule has 0 amide bonds. The topological polar surface area (TPSA) is 60.9 Å². The van der Waals surface area contributed by atoms with Crippen LogP contribution in [0.4, 0.5) is 0 Å². The molecule has 7 heteroatoms. The van der Waals surface area contributed by atoms with E-state index in [0.717, 1.165) is 60.6 Å². The SMILES string of the molecule is CCOC(=O)COc1cccc2c1CC(=CCCN1CCC(c3ccc(Cl)cc3)CC1)c1cccnc1O2. The average molecular weight is 533 g/mol. The van der Waals surface area contributed by atoms with Crippen LogP contribution in [0.3, 0.4) is 0 Å². The summed E-state index contributed by atoms with van der Waals surface area (Å²) in [6, 6.07) is 17.9. The summed E-state index contributed by atoms with van der Waals surface area (Å²) in [6.07, 6.45) is 7.92. The Morgan fingerprint density at radius 1 is 1.13 bits per heavy atom. The highest BCUT2D eigenvalue weighted by Gasteiger charge is 2.24. The zero-order valence-electron chi connectivity index (χ0n) is 21.7. The number of nitrogens with zero attached hydrogens (tertiary/aromatic N) is 2. The fourth-order valence-electron chi connectivity index (χ4n) is 5.22. The number of rotatable bonds is 8. The van der Waals surface area contributed by atoms with E-state index in [1.165, 1.54) is 5.56 Å². The van der Waals surface area contributed by atoms with Gasteiger partial charge < -0.3 is 19.1 Å². The van der Waals surface area contributed by atoms with Gasteiger partial charge in [0.25, 0.3) is 0 Å². The Bertz CT molecular complexity index is 1280. The van der Waals surface area contributed by atoms with Crippen LogP contribution in [-0.2, 0) is 16.0 Å². The van der Waals surface area contributed by atoms with Crippen LogP contribution in [0.5, 0.6) is 17.4 Å². The van der Waals surface area contributed by atoms with Crippen molar-refractivity contribution in [3.63, 3.8) is 0 Å². The second-order valence-electron chi connectivity index (χ2n) is 9.65. The molecule has 0 bridgehead atoms. The first-order valence-electron chi connectivity index (χ1n) is 13.3. The minimum atomic E-state index is -0.389. The van der Waals surface area contributed by atoms with E-state index >= 15 is 0 Å². The Labute approximate surface area is 229 Å². The maximum absolute atomic E-state index is 11.9. The summed E-state index contributed by atoms with van der Waals surface area (Å²) < 4.78 is 17.1. The lowest BCUT2D eigenvalue weighted by Crippen LogP contribution is -2.33. The third kappa shape index (κ3) is 6.37. The van der Waals surface area contributed by atoms with Crippen molar-refractivity contribution < 1.29 is 19.0 Å². The molecule has 6 nitrogen and oxygen atoms in total. The summed E-state index contributed by atoms with van der Waals surface area (Å²) in [7, 11) is 0. The fourth-order valence-corrected chi connectivity index (χ4v) is 5.35. The van der Waals surface area contributed by atoms with E-state index in [2.05, 4.69) is 34.2 Å². The molecule has 5 rings (SSSR count). The molecule has 3 aromatic rings. The molecule has 3 heterocycles. The molecule has 1 saturated heterocycles. The monoisotopic (exact) mass is 532 g/mol. The molecular formula is C31H33ClN2O4. The van der Waals surface area contributed by atoms with Gasteiger partial charge in [0.15, 0.2) is 6.61 Å². The first kappa shape index (κ1) is 26.3. The van der Waals surface area contributed by atoms with Gasteiger partial charge in [-0.25, -0.2) is 9.78 Å². The molecule has 0 N–H and O–H groups in total. The Hall–Kier alpha value is -3.35. The second kappa shape index (κ2) is 12.5. The van der Waals surface area contributed by atoms with E-state index in [0.29, 0.717) is 36.3 Å². The first-order chi connectivity index (χ1) is 18.6. The number of pyridine rings is 1. The zero-order chi connectivity index (χ0) is 26.3. The number of hydrogen-bond acceptors (Lipinski definition) is 6. The summed E-state index contributed by atoms with van der Waals surface area (Å²) in [4.78, 5) is 18.9. The zero-order valence-corrected chi connectivity index (χ0v) is 22.5. The number of hydrogen-bond donors (Lipinski definition) is 0. The van der Waals surface area contributed by atoms with E-state index in [-0.39, 0.29) is 12.6 Å². The van der Waals surface area contributed by atoms with Crippen molar-refractivity contribution in [3.05, 3.63) is 88.6 Å². The number of ether oxygens (including phenoxy) is 3. The highest BCUT2D eigenvalue weighted by Crippen LogP contribution is 2.41. The lowest BCUT2D eigenvalue weighted by Gasteiger charge is -2.32. The van der Waals surface area contributed by atoms with Crippen molar-refractivity contribution in [1.82, 2.24) is 9.88 Å². The van der Waals surface area contributed by atoms with Gasteiger partial charge in [0, 0.05) is 35.3 Å². The Morgan fingerprint density at radius 2 is 1.95 bits per heavy atom. The van der Waals surface area contributed by atoms with Crippen molar-refractivity contribution >= 4 is 23.1 Å². The number of piperidine rings is 1. The average Bonchev–Trinajstić information content (AvgIpc) is 3.10. The molecule has 198 valence electrons. The molecule has 2 aliphatic heterocycles. The maximum Gasteiger partial charge on any atom is 0.344 e. The number of esters is 1. The smallest absolute Gasteiger partial charge is 0.344 e. The minimum absolute atomic E-state index is 0.138. The number of allylic oxidation sites excluding steroid dienone is 1. The van der Waals surface area contributed by atoms with Crippen LogP contribution in [0.15, 0.2) is 66.9 Å². The molecule has 0 atom stereocenters. The molecule has 0 aliphatic carbocycles. The van der Waals surface area contributed by atoms with Crippen LogP contribution in [0.2, 0.25) is 5.02 Å². The van der Waals surface area contributed by atoms with Crippen molar-refractivity contribution in [1.29, 1.82) is 0 Å². The standard InChI is InChI=1S/C31H33ClN2O4/c1-2-36-30(35)21-37-28-8-3-9-29-27(28)20-24(26-7-4-16-33-31(26)38-29)6-5-17-34-18-14-23(15-19-34)22-10-12-25(32)13-11-22/h3-4,6-13,16,23H,2,5,14-15,17-21H2,1H3. The van der Waals surface area contributed by atoms with Crippen molar-refractivity contribution in [2.45, 2.75) is 38.5 Å². The van der Waals surface area contributed by atoms with Crippen molar-refractivity contribution in [2.75, 3.05) is 32.8 Å². The molecule has 1 aromatic heterocycles. The van der Waals surface area contributed by atoms with E-state index in [9.17, 15) is 4.79 Å². The molecule has 38 heavy (non-hydrogen) atoms. The lowest BCUT2D eigenvalue weighted by atomic mass is 9.89. The molecular weight excluding hydrogens is 500 g/mol. The van der Waals surface area contributed by atoms with Gasteiger partial charge in [-0.2, -0.15) is 0 Å². The fraction of sp³-hybridized carbons (Fsp3) is 0.355. The van der Waals surface area contributed by atoms with Gasteiger partial charge in [-0.15, -0.1) is 0 Å². The number of likely N-dealkylation sites (tertiary alicyclic amines) is 1. The molecule has 2 aliphatic rings. The van der Waals surface area contributed by atoms with Crippen LogP contribution in [0.25, 0.3) is 5.57 Å². The number of carbonyl (C=O) groups is 1. The molecule has 0 saturated carbocycles. The van der Waals surface area contributed by atoms with Gasteiger partial charge in [-0.3, -0.25) is 0 Å². The van der Waals surface area contributed by atoms with Crippen LogP contribution < -0.4 is 9.47 Å². The first-order valence-corrected chi connectivity index (χ1v) is 13.7. The van der Waals surface area contributed by atoms with Crippen molar-refractivity contribution in [3.8, 4) is 17.4 Å². The molecule has 0 spiro atoms. The Balaban J connectivity index is 1.27. The second-order valence-corrected chi connectivity index (χ2v) is 10.1. The van der Waals surface area contributed by atoms with Gasteiger partial charge in [-0.1, -0.05) is 35.9 Å². The van der Waals surface area contributed by atoms with Gasteiger partial charge in [0.1, 0.15) is 11.5 Å². The van der Waals surface area contributed by atoms with Crippen LogP contribution in [0.1, 0.15) is 48.8 Å². The largest absolute Gasteiger partial charge is 0.481 e. The number of carbonyl (C=O) groups excluding carboxylic acids is 1. The van der Waals surface area contributed by atoms with Gasteiger partial charge in [0.05, 0.1) is 6.61 Å². The van der Waals surface area contributed by atoms with E-state index in [1.54, 1.807) is 13.1 Å². The predicted molar refractivity (Wildman–Crippen MR) is 149 cm³/mol. The molecule has 0 unspecified atom stereocenters. The lowest BCUT2D eigenvalue weighted by molar-refractivity contribution is -0.145. The number of halogens is 1. The van der Waals surface area contributed by atoms with Crippen LogP contribution in [-0.4, -0.2) is 48.7 Å². The summed E-state index contributed by atoms with van der Waals surface area (Å²) in [5.41, 5.74) is 4.43. The minimum Gasteiger partial charge on any atom is -0.481 e. The predicted octanol–water partition coefficient (Wildman–Crippen LogP) is 6.68. The van der Waals surface area contributed by atoms with E-state index in [1.807, 2.05) is 36.4 Å². The molecule has 1 fully saturated rings. The highest BCUT2D eigenvalue weighted by molar-refractivity contribution is 6.30. The van der Waals surface area contributed by atoms with Crippen LogP contribution >= 0.6 is 11.6 Å². The summed E-state index contributed by atoms with van der Waals surface area (Å²) >= 11 is 6.06. The third-order valence-corrected chi connectivity index (χ3v) is 7.45. The van der Waals surface area contributed by atoms with Gasteiger partial charge >= 0.3 is 5.97 Å². The summed E-state index contributed by atoms with van der Waals surface area (Å²) in [6.45, 7) is 5.15. The maximum atomic E-state index is 11.9. The van der Waals surface area contributed by atoms with E-state index in [4.69, 9.17) is 25.8 Å². The normalized spacial score (nSPS) is 16.7. The highest BCUT2D eigenvalue weighted by atomic mass is 35.5. The van der Waals surface area contributed by atoms with Crippen LogP contribution in [0, 0.1) is 0 Å². The number of aromatic nitrogens is 1. The third-order valence-electron chi connectivity index (χ3n) is 7.20. The Morgan fingerprint density at radius 3 is 2.74 bits per heavy atom. The number of benzene rings is 2. The summed E-state index contributed by atoms with van der Waals surface area (Å²) in [5, 5.41) is 0.792. The van der Waals surface area contributed by atoms with Gasteiger partial charge in [0.2, 0.25) is 5.88 Å².